The van der Waals surface area contributed by atoms with Gasteiger partial charge in [-0.1, -0.05) is 17.3 Å². The fourth-order valence-corrected chi connectivity index (χ4v) is 3.14. The van der Waals surface area contributed by atoms with E-state index in [1.807, 2.05) is 12.1 Å². The fourth-order valence-electron chi connectivity index (χ4n) is 3.14. The summed E-state index contributed by atoms with van der Waals surface area (Å²) in [6, 6.07) is 7.07. The van der Waals surface area contributed by atoms with Gasteiger partial charge in [0.15, 0.2) is 5.82 Å². The minimum absolute atomic E-state index is 0.109. The molecule has 2 aromatic rings. The highest BCUT2D eigenvalue weighted by Crippen LogP contribution is 2.38. The van der Waals surface area contributed by atoms with Crippen LogP contribution in [0.25, 0.3) is 0 Å². The van der Waals surface area contributed by atoms with Crippen LogP contribution in [0.3, 0.4) is 0 Å². The second kappa shape index (κ2) is 5.92. The molecule has 0 radical (unpaired) electrons. The van der Waals surface area contributed by atoms with Crippen LogP contribution in [0, 0.1) is 5.82 Å². The number of halogens is 1. The number of para-hydroxylation sites is 1. The lowest BCUT2D eigenvalue weighted by Gasteiger charge is -2.38. The number of rotatable bonds is 4. The Hall–Kier alpha value is -1.95. The van der Waals surface area contributed by atoms with Crippen LogP contribution < -0.4 is 4.90 Å². The summed E-state index contributed by atoms with van der Waals surface area (Å²) in [5.41, 5.74) is 0.689. The van der Waals surface area contributed by atoms with Gasteiger partial charge in [-0.25, -0.2) is 4.39 Å². The highest BCUT2D eigenvalue weighted by molar-refractivity contribution is 5.48. The van der Waals surface area contributed by atoms with E-state index in [1.165, 1.54) is 18.9 Å². The molecule has 2 aliphatic rings. The van der Waals surface area contributed by atoms with E-state index in [9.17, 15) is 4.39 Å². The molecule has 1 saturated heterocycles. The minimum atomic E-state index is -0.153. The van der Waals surface area contributed by atoms with E-state index in [-0.39, 0.29) is 11.9 Å². The van der Waals surface area contributed by atoms with E-state index < -0.39 is 0 Å². The smallest absolute Gasteiger partial charge is 0.243 e. The zero-order valence-corrected chi connectivity index (χ0v) is 13.3. The van der Waals surface area contributed by atoms with Crippen molar-refractivity contribution in [2.75, 3.05) is 31.1 Å². The van der Waals surface area contributed by atoms with Crippen molar-refractivity contribution in [1.29, 1.82) is 0 Å². The predicted octanol–water partition coefficient (Wildman–Crippen LogP) is 2.97. The molecular weight excluding hydrogens is 295 g/mol. The Morgan fingerprint density at radius 3 is 2.61 bits per heavy atom. The molecule has 2 fully saturated rings. The highest BCUT2D eigenvalue weighted by Gasteiger charge is 2.31. The zero-order valence-electron chi connectivity index (χ0n) is 13.3. The Morgan fingerprint density at radius 1 is 1.17 bits per heavy atom. The third kappa shape index (κ3) is 2.95. The number of hydrogen-bond acceptors (Lipinski definition) is 5. The van der Waals surface area contributed by atoms with Crippen molar-refractivity contribution < 1.29 is 8.91 Å². The summed E-state index contributed by atoms with van der Waals surface area (Å²) in [4.78, 5) is 8.97. The van der Waals surface area contributed by atoms with E-state index in [2.05, 4.69) is 26.9 Å². The molecule has 1 atom stereocenters. The minimum Gasteiger partial charge on any atom is -0.367 e. The Labute approximate surface area is 135 Å². The summed E-state index contributed by atoms with van der Waals surface area (Å²) < 4.78 is 19.3. The monoisotopic (exact) mass is 316 g/mol. The molecule has 1 aromatic carbocycles. The van der Waals surface area contributed by atoms with Crippen molar-refractivity contribution >= 4 is 5.69 Å². The van der Waals surface area contributed by atoms with E-state index in [0.717, 1.165) is 32.0 Å². The van der Waals surface area contributed by atoms with Gasteiger partial charge in [0, 0.05) is 32.1 Å². The molecule has 0 bridgehead atoms. The first kappa shape index (κ1) is 14.6. The Balaban J connectivity index is 1.39. The van der Waals surface area contributed by atoms with Gasteiger partial charge in [-0.05, 0) is 31.9 Å². The molecular formula is C17H21FN4O. The summed E-state index contributed by atoms with van der Waals surface area (Å²) in [5, 5.41) is 4.10. The zero-order chi connectivity index (χ0) is 15.8. The Bertz CT molecular complexity index is 677. The molecule has 6 heteroatoms. The number of hydrogen-bond donors (Lipinski definition) is 0. The largest absolute Gasteiger partial charge is 0.367 e. The van der Waals surface area contributed by atoms with Gasteiger partial charge in [0.05, 0.1) is 11.7 Å². The lowest BCUT2D eigenvalue weighted by molar-refractivity contribution is 0.164. The summed E-state index contributed by atoms with van der Waals surface area (Å²) in [7, 11) is 0. The van der Waals surface area contributed by atoms with E-state index in [0.29, 0.717) is 17.5 Å². The van der Waals surface area contributed by atoms with Crippen molar-refractivity contribution in [2.45, 2.75) is 31.7 Å². The molecule has 1 aliphatic carbocycles. The molecule has 122 valence electrons. The molecule has 0 amide bonds. The van der Waals surface area contributed by atoms with Crippen molar-refractivity contribution in [3.05, 3.63) is 41.8 Å². The van der Waals surface area contributed by atoms with Crippen LogP contribution in [0.2, 0.25) is 0 Å². The van der Waals surface area contributed by atoms with E-state index in [4.69, 9.17) is 4.52 Å². The topological polar surface area (TPSA) is 45.4 Å². The van der Waals surface area contributed by atoms with E-state index in [1.54, 1.807) is 6.07 Å². The Kier molecular flexibility index (Phi) is 3.77. The lowest BCUT2D eigenvalue weighted by atomic mass is 10.2. The third-order valence-electron chi connectivity index (χ3n) is 4.81. The predicted molar refractivity (Wildman–Crippen MR) is 84.9 cm³/mol. The number of nitrogens with zero attached hydrogens (tertiary/aromatic N) is 4. The highest BCUT2D eigenvalue weighted by atomic mass is 19.1. The van der Waals surface area contributed by atoms with Crippen LogP contribution in [0.1, 0.15) is 43.4 Å². The molecule has 1 saturated carbocycles. The van der Waals surface area contributed by atoms with Crippen molar-refractivity contribution in [3.63, 3.8) is 0 Å². The maximum absolute atomic E-state index is 13.9. The molecule has 2 heterocycles. The molecule has 1 unspecified atom stereocenters. The number of benzene rings is 1. The average Bonchev–Trinajstić information content (AvgIpc) is 3.32. The van der Waals surface area contributed by atoms with Gasteiger partial charge in [0.2, 0.25) is 5.89 Å². The van der Waals surface area contributed by atoms with Gasteiger partial charge in [0.25, 0.3) is 0 Å². The summed E-state index contributed by atoms with van der Waals surface area (Å²) in [6.45, 7) is 5.42. The second-order valence-corrected chi connectivity index (χ2v) is 6.42. The second-order valence-electron chi connectivity index (χ2n) is 6.42. The maximum Gasteiger partial charge on any atom is 0.243 e. The van der Waals surface area contributed by atoms with Crippen LogP contribution in [0.4, 0.5) is 10.1 Å². The Morgan fingerprint density at radius 2 is 1.91 bits per heavy atom. The number of anilines is 1. The van der Waals surface area contributed by atoms with Crippen LogP contribution in [-0.2, 0) is 0 Å². The number of aromatic nitrogens is 2. The molecule has 5 nitrogen and oxygen atoms in total. The van der Waals surface area contributed by atoms with Crippen molar-refractivity contribution in [3.8, 4) is 0 Å². The first-order valence-corrected chi connectivity index (χ1v) is 8.29. The molecule has 1 aromatic heterocycles. The molecule has 1 aliphatic heterocycles. The summed E-state index contributed by atoms with van der Waals surface area (Å²) >= 11 is 0. The van der Waals surface area contributed by atoms with Crippen molar-refractivity contribution in [1.82, 2.24) is 15.0 Å². The van der Waals surface area contributed by atoms with Gasteiger partial charge in [0.1, 0.15) is 5.82 Å². The van der Waals surface area contributed by atoms with Crippen LogP contribution in [-0.4, -0.2) is 41.2 Å². The standard InChI is InChI=1S/C17H21FN4O/c1-12(17-19-16(20-23-17)13-6-7-13)21-8-10-22(11-9-21)15-5-3-2-4-14(15)18/h2-5,12-13H,6-11H2,1H3. The SMILES string of the molecule is CC(c1nc(C2CC2)no1)N1CCN(c2ccccc2F)CC1. The van der Waals surface area contributed by atoms with Crippen LogP contribution in [0.5, 0.6) is 0 Å². The maximum atomic E-state index is 13.9. The van der Waals surface area contributed by atoms with Gasteiger partial charge in [-0.2, -0.15) is 4.98 Å². The van der Waals surface area contributed by atoms with Crippen LogP contribution >= 0.6 is 0 Å². The summed E-state index contributed by atoms with van der Waals surface area (Å²) in [6.07, 6.45) is 2.35. The third-order valence-corrected chi connectivity index (χ3v) is 4.81. The van der Waals surface area contributed by atoms with Crippen molar-refractivity contribution in [2.24, 2.45) is 0 Å². The van der Waals surface area contributed by atoms with E-state index >= 15 is 0 Å². The number of piperazine rings is 1. The summed E-state index contributed by atoms with van der Waals surface area (Å²) in [5.74, 6) is 1.92. The molecule has 0 spiro atoms. The van der Waals surface area contributed by atoms with Crippen LogP contribution in [0.15, 0.2) is 28.8 Å². The first-order chi connectivity index (χ1) is 11.2. The fraction of sp³-hybridized carbons (Fsp3) is 0.529. The van der Waals surface area contributed by atoms with Gasteiger partial charge in [-0.15, -0.1) is 0 Å². The average molecular weight is 316 g/mol. The van der Waals surface area contributed by atoms with Gasteiger partial charge in [-0.3, -0.25) is 4.90 Å². The molecule has 23 heavy (non-hydrogen) atoms. The molecule has 4 rings (SSSR count). The first-order valence-electron chi connectivity index (χ1n) is 8.29. The molecule has 0 N–H and O–H groups in total. The lowest BCUT2D eigenvalue weighted by Crippen LogP contribution is -2.47. The van der Waals surface area contributed by atoms with Gasteiger partial charge >= 0.3 is 0 Å². The van der Waals surface area contributed by atoms with Gasteiger partial charge < -0.3 is 9.42 Å². The quantitative estimate of drug-likeness (QED) is 0.868. The normalized spacial score (nSPS) is 20.7.